The highest BCUT2D eigenvalue weighted by Crippen LogP contribution is 2.86. The molecule has 8 atom stereocenters. The molecule has 0 aliphatic heterocycles. The summed E-state index contributed by atoms with van der Waals surface area (Å²) >= 11 is 0. The third-order valence-corrected chi connectivity index (χ3v) is 10.2. The summed E-state index contributed by atoms with van der Waals surface area (Å²) in [5, 5.41) is 10.9. The second kappa shape index (κ2) is 5.00. The number of fused-ring (bicyclic) bond motifs is 3. The minimum absolute atomic E-state index is 0.105. The molecule has 1 spiro atoms. The molecule has 0 radical (unpaired) electrons. The topological polar surface area (TPSA) is 37.3 Å². The molecule has 0 aromatic carbocycles. The lowest BCUT2D eigenvalue weighted by Gasteiger charge is -2.60. The van der Waals surface area contributed by atoms with Gasteiger partial charge in [-0.15, -0.1) is 0 Å². The first-order valence-electron chi connectivity index (χ1n) is 10.8. The van der Waals surface area contributed by atoms with Crippen LogP contribution in [-0.2, 0) is 4.79 Å². The van der Waals surface area contributed by atoms with Crippen LogP contribution in [-0.4, -0.2) is 17.0 Å². The highest BCUT2D eigenvalue weighted by atomic mass is 16.3. The van der Waals surface area contributed by atoms with Gasteiger partial charge in [0.05, 0.1) is 6.10 Å². The van der Waals surface area contributed by atoms with Gasteiger partial charge in [0.2, 0.25) is 0 Å². The normalized spacial score (nSPS) is 54.7. The average molecular weight is 343 g/mol. The molecule has 5 aliphatic carbocycles. The lowest BCUT2D eigenvalue weighted by Crippen LogP contribution is -2.55. The molecule has 0 unspecified atom stereocenters. The lowest BCUT2D eigenvalue weighted by molar-refractivity contribution is -0.132. The first-order valence-corrected chi connectivity index (χ1v) is 10.8. The maximum atomic E-state index is 11.9. The van der Waals surface area contributed by atoms with Crippen LogP contribution < -0.4 is 0 Å². The van der Waals surface area contributed by atoms with E-state index in [2.05, 4.69) is 20.8 Å². The van der Waals surface area contributed by atoms with Crippen molar-refractivity contribution in [1.82, 2.24) is 0 Å². The maximum absolute atomic E-state index is 11.9. The Hall–Kier alpha value is -0.630. The molecular formula is C23H34O2. The van der Waals surface area contributed by atoms with Gasteiger partial charge in [-0.2, -0.15) is 0 Å². The Morgan fingerprint density at radius 3 is 2.76 bits per heavy atom. The molecule has 0 aromatic rings. The van der Waals surface area contributed by atoms with Crippen LogP contribution in [0.25, 0.3) is 0 Å². The summed E-state index contributed by atoms with van der Waals surface area (Å²) in [4.78, 5) is 11.9. The number of allylic oxidation sites excluding steroid dienone is 1. The summed E-state index contributed by atoms with van der Waals surface area (Å²) in [6.07, 6.45) is 12.4. The average Bonchev–Trinajstić information content (AvgIpc) is 3.26. The zero-order valence-corrected chi connectivity index (χ0v) is 16.2. The molecule has 4 saturated carbocycles. The SMILES string of the molecule is CC[C@@H](O)[C@@]1(C)C[C@@H]2C[C@]23[C@@H]2CCC4=CC(=O)CC[C@@H]4[C@H]2CC[C@@]31C. The monoisotopic (exact) mass is 342 g/mol. The van der Waals surface area contributed by atoms with E-state index in [0.29, 0.717) is 22.5 Å². The van der Waals surface area contributed by atoms with Gasteiger partial charge in [-0.25, -0.2) is 0 Å². The number of aliphatic hydroxyl groups is 1. The van der Waals surface area contributed by atoms with Gasteiger partial charge in [0.15, 0.2) is 5.78 Å². The summed E-state index contributed by atoms with van der Waals surface area (Å²) in [5.74, 6) is 3.57. The molecule has 4 fully saturated rings. The van der Waals surface area contributed by atoms with Crippen molar-refractivity contribution < 1.29 is 9.90 Å². The lowest BCUT2D eigenvalue weighted by atomic mass is 9.45. The second-order valence-electron chi connectivity index (χ2n) is 10.5. The van der Waals surface area contributed by atoms with Crippen molar-refractivity contribution in [3.63, 3.8) is 0 Å². The molecule has 0 heterocycles. The highest BCUT2D eigenvalue weighted by molar-refractivity contribution is 5.91. The van der Waals surface area contributed by atoms with Crippen molar-refractivity contribution in [2.45, 2.75) is 84.7 Å². The fourth-order valence-electron chi connectivity index (χ4n) is 8.81. The number of aliphatic hydroxyl groups excluding tert-OH is 1. The largest absolute Gasteiger partial charge is 0.393 e. The first kappa shape index (κ1) is 16.5. The van der Waals surface area contributed by atoms with Gasteiger partial charge in [-0.05, 0) is 97.4 Å². The van der Waals surface area contributed by atoms with Gasteiger partial charge < -0.3 is 5.11 Å². The number of carbonyl (C=O) groups excluding carboxylic acids is 1. The molecule has 2 nitrogen and oxygen atoms in total. The Morgan fingerprint density at radius 2 is 2.00 bits per heavy atom. The number of hydrogen-bond donors (Lipinski definition) is 1. The van der Waals surface area contributed by atoms with Gasteiger partial charge in [0.1, 0.15) is 0 Å². The molecule has 0 amide bonds. The second-order valence-corrected chi connectivity index (χ2v) is 10.5. The van der Waals surface area contributed by atoms with E-state index in [0.717, 1.165) is 43.4 Å². The predicted molar refractivity (Wildman–Crippen MR) is 98.9 cm³/mol. The molecule has 2 heteroatoms. The molecule has 0 aromatic heterocycles. The van der Waals surface area contributed by atoms with Crippen LogP contribution in [0, 0.1) is 39.9 Å². The van der Waals surface area contributed by atoms with E-state index in [1.807, 2.05) is 6.08 Å². The van der Waals surface area contributed by atoms with Crippen molar-refractivity contribution in [1.29, 1.82) is 0 Å². The number of ketones is 1. The van der Waals surface area contributed by atoms with Crippen molar-refractivity contribution in [3.8, 4) is 0 Å². The molecule has 138 valence electrons. The first-order chi connectivity index (χ1) is 11.9. The van der Waals surface area contributed by atoms with E-state index in [9.17, 15) is 9.90 Å². The van der Waals surface area contributed by atoms with E-state index in [4.69, 9.17) is 0 Å². The third kappa shape index (κ3) is 1.78. The van der Waals surface area contributed by atoms with E-state index < -0.39 is 0 Å². The number of hydrogen-bond acceptors (Lipinski definition) is 2. The van der Waals surface area contributed by atoms with Crippen molar-refractivity contribution >= 4 is 5.78 Å². The summed E-state index contributed by atoms with van der Waals surface area (Å²) in [7, 11) is 0. The summed E-state index contributed by atoms with van der Waals surface area (Å²) < 4.78 is 0. The van der Waals surface area contributed by atoms with Crippen molar-refractivity contribution in [3.05, 3.63) is 11.6 Å². The smallest absolute Gasteiger partial charge is 0.155 e. The predicted octanol–water partition coefficient (Wildman–Crippen LogP) is 4.91. The maximum Gasteiger partial charge on any atom is 0.155 e. The van der Waals surface area contributed by atoms with Gasteiger partial charge in [-0.3, -0.25) is 4.79 Å². The zero-order chi connectivity index (χ0) is 17.6. The molecule has 5 rings (SSSR count). The Labute approximate surface area is 152 Å². The Bertz CT molecular complexity index is 650. The minimum atomic E-state index is -0.148. The molecule has 5 aliphatic rings. The molecular weight excluding hydrogens is 308 g/mol. The van der Waals surface area contributed by atoms with Gasteiger partial charge in [-0.1, -0.05) is 26.3 Å². The van der Waals surface area contributed by atoms with Gasteiger partial charge in [0, 0.05) is 6.42 Å². The van der Waals surface area contributed by atoms with Crippen LogP contribution in [0.15, 0.2) is 11.6 Å². The van der Waals surface area contributed by atoms with E-state index >= 15 is 0 Å². The highest BCUT2D eigenvalue weighted by Gasteiger charge is 2.80. The van der Waals surface area contributed by atoms with E-state index in [-0.39, 0.29) is 11.5 Å². The zero-order valence-electron chi connectivity index (χ0n) is 16.2. The summed E-state index contributed by atoms with van der Waals surface area (Å²) in [5.41, 5.74) is 2.42. The molecule has 25 heavy (non-hydrogen) atoms. The van der Waals surface area contributed by atoms with Crippen LogP contribution in [0.4, 0.5) is 0 Å². The standard InChI is InChI=1S/C23H34O2/c1-4-20(25)21(2)12-15-13-23(15)19-8-5-14-11-16(24)6-7-17(14)18(19)9-10-22(21,23)3/h11,15,17-20,25H,4-10,12-13H2,1-3H3/t15-,17+,18-,19-,20-,21-,22-,23-/m1/s1. The van der Waals surface area contributed by atoms with Crippen LogP contribution in [0.2, 0.25) is 0 Å². The summed E-state index contributed by atoms with van der Waals surface area (Å²) in [6, 6.07) is 0. The summed E-state index contributed by atoms with van der Waals surface area (Å²) in [6.45, 7) is 7.10. The van der Waals surface area contributed by atoms with Crippen molar-refractivity contribution in [2.24, 2.45) is 39.9 Å². The number of rotatable bonds is 2. The molecule has 1 N–H and O–H groups in total. The van der Waals surface area contributed by atoms with Gasteiger partial charge >= 0.3 is 0 Å². The fourth-order valence-corrected chi connectivity index (χ4v) is 8.81. The molecule has 0 saturated heterocycles. The van der Waals surface area contributed by atoms with Crippen LogP contribution >= 0.6 is 0 Å². The van der Waals surface area contributed by atoms with Crippen molar-refractivity contribution in [2.75, 3.05) is 0 Å². The third-order valence-electron chi connectivity index (χ3n) is 10.2. The fraction of sp³-hybridized carbons (Fsp3) is 0.870. The number of carbonyl (C=O) groups is 1. The van der Waals surface area contributed by atoms with Crippen LogP contribution in [0.1, 0.15) is 78.6 Å². The Kier molecular flexibility index (Phi) is 3.31. The quantitative estimate of drug-likeness (QED) is 0.774. The van der Waals surface area contributed by atoms with Crippen LogP contribution in [0.5, 0.6) is 0 Å². The minimum Gasteiger partial charge on any atom is -0.393 e. The van der Waals surface area contributed by atoms with Crippen LogP contribution in [0.3, 0.4) is 0 Å². The Morgan fingerprint density at radius 1 is 1.20 bits per heavy atom. The van der Waals surface area contributed by atoms with E-state index in [1.165, 1.54) is 37.7 Å². The van der Waals surface area contributed by atoms with E-state index in [1.54, 1.807) is 0 Å². The molecule has 0 bridgehead atoms. The Balaban J connectivity index is 1.51. The van der Waals surface area contributed by atoms with Gasteiger partial charge in [0.25, 0.3) is 0 Å².